The summed E-state index contributed by atoms with van der Waals surface area (Å²) in [6.45, 7) is 0.992. The predicted octanol–water partition coefficient (Wildman–Crippen LogP) is 2.58. The third kappa shape index (κ3) is 3.51. The lowest BCUT2D eigenvalue weighted by molar-refractivity contribution is 0.303. The third-order valence-electron chi connectivity index (χ3n) is 2.16. The SMILES string of the molecule is CNCc1cc(F)cc(OCc2nccs2)c1. The van der Waals surface area contributed by atoms with Crippen molar-refractivity contribution in [2.45, 2.75) is 13.2 Å². The summed E-state index contributed by atoms with van der Waals surface area (Å²) in [5.74, 6) is 0.248. The molecule has 0 amide bonds. The summed E-state index contributed by atoms with van der Waals surface area (Å²) < 4.78 is 18.8. The summed E-state index contributed by atoms with van der Waals surface area (Å²) >= 11 is 1.52. The van der Waals surface area contributed by atoms with Gasteiger partial charge >= 0.3 is 0 Å². The van der Waals surface area contributed by atoms with E-state index < -0.39 is 0 Å². The molecular formula is C12H13FN2OS. The number of aromatic nitrogens is 1. The zero-order valence-electron chi connectivity index (χ0n) is 9.44. The fraction of sp³-hybridized carbons (Fsp3) is 0.250. The fourth-order valence-corrected chi connectivity index (χ4v) is 2.01. The lowest BCUT2D eigenvalue weighted by Crippen LogP contribution is -2.05. The minimum atomic E-state index is -0.285. The first-order valence-electron chi connectivity index (χ1n) is 5.23. The molecule has 1 heterocycles. The summed E-state index contributed by atoms with van der Waals surface area (Å²) in [6, 6.07) is 4.70. The molecule has 1 aromatic carbocycles. The van der Waals surface area contributed by atoms with Crippen LogP contribution in [0.4, 0.5) is 4.39 Å². The van der Waals surface area contributed by atoms with Crippen LogP contribution in [0.1, 0.15) is 10.6 Å². The van der Waals surface area contributed by atoms with Crippen LogP contribution in [0.25, 0.3) is 0 Å². The van der Waals surface area contributed by atoms with Crippen molar-refractivity contribution in [3.05, 3.63) is 46.2 Å². The Morgan fingerprint density at radius 3 is 3.00 bits per heavy atom. The van der Waals surface area contributed by atoms with Crippen LogP contribution in [-0.4, -0.2) is 12.0 Å². The van der Waals surface area contributed by atoms with Crippen molar-refractivity contribution in [3.63, 3.8) is 0 Å². The zero-order chi connectivity index (χ0) is 12.1. The van der Waals surface area contributed by atoms with Crippen molar-refractivity contribution in [1.82, 2.24) is 10.3 Å². The maximum Gasteiger partial charge on any atom is 0.140 e. The molecule has 0 aliphatic heterocycles. The summed E-state index contributed by atoms with van der Waals surface area (Å²) in [5.41, 5.74) is 0.863. The summed E-state index contributed by atoms with van der Waals surface area (Å²) in [7, 11) is 1.82. The van der Waals surface area contributed by atoms with Crippen LogP contribution in [0, 0.1) is 5.82 Å². The highest BCUT2D eigenvalue weighted by Crippen LogP contribution is 2.18. The van der Waals surface area contributed by atoms with Gasteiger partial charge in [-0.25, -0.2) is 9.37 Å². The number of nitrogens with one attached hydrogen (secondary N) is 1. The molecule has 0 fully saturated rings. The second kappa shape index (κ2) is 5.75. The number of rotatable bonds is 5. The van der Waals surface area contributed by atoms with Crippen molar-refractivity contribution in [1.29, 1.82) is 0 Å². The average molecular weight is 252 g/mol. The van der Waals surface area contributed by atoms with E-state index in [4.69, 9.17) is 4.74 Å². The van der Waals surface area contributed by atoms with Crippen LogP contribution >= 0.6 is 11.3 Å². The van der Waals surface area contributed by atoms with Gasteiger partial charge < -0.3 is 10.1 Å². The Balaban J connectivity index is 2.04. The van der Waals surface area contributed by atoms with Crippen molar-refractivity contribution < 1.29 is 9.13 Å². The number of thiazole rings is 1. The number of hydrogen-bond donors (Lipinski definition) is 1. The van der Waals surface area contributed by atoms with Crippen LogP contribution in [-0.2, 0) is 13.2 Å². The average Bonchev–Trinajstić information content (AvgIpc) is 2.79. The van der Waals surface area contributed by atoms with Crippen molar-refractivity contribution in [2.75, 3.05) is 7.05 Å². The van der Waals surface area contributed by atoms with Gasteiger partial charge in [-0.2, -0.15) is 0 Å². The van der Waals surface area contributed by atoms with Gasteiger partial charge in [0.15, 0.2) is 0 Å². The Bertz CT molecular complexity index is 473. The van der Waals surface area contributed by atoms with E-state index in [2.05, 4.69) is 10.3 Å². The minimum absolute atomic E-state index is 0.285. The van der Waals surface area contributed by atoms with E-state index >= 15 is 0 Å². The van der Waals surface area contributed by atoms with Gasteiger partial charge in [-0.05, 0) is 24.7 Å². The molecule has 0 spiro atoms. The van der Waals surface area contributed by atoms with Gasteiger partial charge in [0.1, 0.15) is 23.2 Å². The Labute approximate surface area is 103 Å². The molecule has 1 N–H and O–H groups in total. The van der Waals surface area contributed by atoms with Crippen molar-refractivity contribution in [2.24, 2.45) is 0 Å². The molecule has 90 valence electrons. The van der Waals surface area contributed by atoms with Gasteiger partial charge in [0, 0.05) is 24.2 Å². The largest absolute Gasteiger partial charge is 0.486 e. The van der Waals surface area contributed by atoms with E-state index in [0.717, 1.165) is 10.6 Å². The molecule has 3 nitrogen and oxygen atoms in total. The number of benzene rings is 1. The zero-order valence-corrected chi connectivity index (χ0v) is 10.3. The predicted molar refractivity (Wildman–Crippen MR) is 65.6 cm³/mol. The minimum Gasteiger partial charge on any atom is -0.486 e. The molecule has 0 aliphatic carbocycles. The summed E-state index contributed by atoms with van der Waals surface area (Å²) in [6.07, 6.45) is 1.72. The van der Waals surface area contributed by atoms with E-state index in [0.29, 0.717) is 18.9 Å². The van der Waals surface area contributed by atoms with Crippen LogP contribution in [0.15, 0.2) is 29.8 Å². The van der Waals surface area contributed by atoms with Gasteiger partial charge in [-0.15, -0.1) is 11.3 Å². The van der Waals surface area contributed by atoms with Crippen LogP contribution in [0.2, 0.25) is 0 Å². The summed E-state index contributed by atoms with van der Waals surface area (Å²) in [5, 5.41) is 5.74. The number of hydrogen-bond acceptors (Lipinski definition) is 4. The normalized spacial score (nSPS) is 10.5. The van der Waals surface area contributed by atoms with Crippen molar-refractivity contribution >= 4 is 11.3 Å². The topological polar surface area (TPSA) is 34.1 Å². The Kier molecular flexibility index (Phi) is 4.06. The third-order valence-corrected chi connectivity index (χ3v) is 2.91. The molecule has 1 aromatic heterocycles. The van der Waals surface area contributed by atoms with E-state index in [9.17, 15) is 4.39 Å². The molecule has 2 aromatic rings. The van der Waals surface area contributed by atoms with Gasteiger partial charge in [0.25, 0.3) is 0 Å². The molecule has 0 aliphatic rings. The van der Waals surface area contributed by atoms with Gasteiger partial charge in [0.2, 0.25) is 0 Å². The molecule has 0 radical (unpaired) electrons. The van der Waals surface area contributed by atoms with E-state index in [-0.39, 0.29) is 5.82 Å². The van der Waals surface area contributed by atoms with Gasteiger partial charge in [-0.1, -0.05) is 0 Å². The Morgan fingerprint density at radius 2 is 2.29 bits per heavy atom. The molecule has 0 unspecified atom stereocenters. The highest BCUT2D eigenvalue weighted by Gasteiger charge is 2.03. The maximum absolute atomic E-state index is 13.3. The highest BCUT2D eigenvalue weighted by atomic mass is 32.1. The molecular weight excluding hydrogens is 239 g/mol. The molecule has 0 saturated carbocycles. The highest BCUT2D eigenvalue weighted by molar-refractivity contribution is 7.09. The lowest BCUT2D eigenvalue weighted by Gasteiger charge is -2.07. The van der Waals surface area contributed by atoms with Crippen LogP contribution in [0.3, 0.4) is 0 Å². The lowest BCUT2D eigenvalue weighted by atomic mass is 10.2. The fourth-order valence-electron chi connectivity index (χ4n) is 1.48. The Morgan fingerprint density at radius 1 is 1.41 bits per heavy atom. The van der Waals surface area contributed by atoms with E-state index in [1.165, 1.54) is 23.5 Å². The Hall–Kier alpha value is -1.46. The standard InChI is InChI=1S/C12H13FN2OS/c1-14-7-9-4-10(13)6-11(5-9)16-8-12-15-2-3-17-12/h2-6,14H,7-8H2,1H3. The number of ether oxygens (including phenoxy) is 1. The second-order valence-corrected chi connectivity index (χ2v) is 4.52. The van der Waals surface area contributed by atoms with Crippen LogP contribution < -0.4 is 10.1 Å². The molecule has 0 atom stereocenters. The molecule has 2 rings (SSSR count). The first kappa shape index (κ1) is 12.0. The molecule has 0 saturated heterocycles. The van der Waals surface area contributed by atoms with Crippen LogP contribution in [0.5, 0.6) is 5.75 Å². The molecule has 5 heteroatoms. The quantitative estimate of drug-likeness (QED) is 0.888. The molecule has 17 heavy (non-hydrogen) atoms. The second-order valence-electron chi connectivity index (χ2n) is 3.54. The first-order valence-corrected chi connectivity index (χ1v) is 6.11. The monoisotopic (exact) mass is 252 g/mol. The number of nitrogens with zero attached hydrogens (tertiary/aromatic N) is 1. The van der Waals surface area contributed by atoms with Gasteiger partial charge in [-0.3, -0.25) is 0 Å². The smallest absolute Gasteiger partial charge is 0.140 e. The van der Waals surface area contributed by atoms with Gasteiger partial charge in [0.05, 0.1) is 0 Å². The van der Waals surface area contributed by atoms with Crippen molar-refractivity contribution in [3.8, 4) is 5.75 Å². The first-order chi connectivity index (χ1) is 8.28. The molecule has 0 bridgehead atoms. The van der Waals surface area contributed by atoms with E-state index in [1.807, 2.05) is 18.5 Å². The number of halogens is 1. The summed E-state index contributed by atoms with van der Waals surface area (Å²) in [4.78, 5) is 4.10. The maximum atomic E-state index is 13.3. The van der Waals surface area contributed by atoms with E-state index in [1.54, 1.807) is 6.20 Å².